The van der Waals surface area contributed by atoms with Crippen LogP contribution in [-0.4, -0.2) is 60.6 Å². The molecule has 0 aromatic heterocycles. The van der Waals surface area contributed by atoms with Gasteiger partial charge in [0.15, 0.2) is 0 Å². The summed E-state index contributed by atoms with van der Waals surface area (Å²) in [5.41, 5.74) is 0.482. The maximum absolute atomic E-state index is 13.2. The van der Waals surface area contributed by atoms with Crippen molar-refractivity contribution in [3.63, 3.8) is 0 Å². The van der Waals surface area contributed by atoms with E-state index in [2.05, 4.69) is 5.32 Å². The molecule has 1 saturated heterocycles. The molecule has 1 aliphatic rings. The van der Waals surface area contributed by atoms with Gasteiger partial charge in [-0.2, -0.15) is 0 Å². The van der Waals surface area contributed by atoms with Crippen molar-refractivity contribution >= 4 is 34.9 Å². The highest BCUT2D eigenvalue weighted by molar-refractivity contribution is 8.18. The molecule has 2 rings (SSSR count). The summed E-state index contributed by atoms with van der Waals surface area (Å²) < 4.78 is 13.2. The normalized spacial score (nSPS) is 16.3. The molecule has 0 saturated carbocycles. The summed E-state index contributed by atoms with van der Waals surface area (Å²) in [4.78, 5) is 39.0. The zero-order valence-corrected chi connectivity index (χ0v) is 14.2. The number of nitrogens with zero attached hydrogens (tertiary/aromatic N) is 2. The van der Waals surface area contributed by atoms with Gasteiger partial charge in [0, 0.05) is 13.1 Å². The Balaban J connectivity index is 2.00. The van der Waals surface area contributed by atoms with Crippen LogP contribution in [0.4, 0.5) is 9.18 Å². The highest BCUT2D eigenvalue weighted by Gasteiger charge is 2.36. The number of thioether (sulfide) groups is 1. The number of rotatable bonds is 6. The highest BCUT2D eigenvalue weighted by atomic mass is 32.2. The second kappa shape index (κ2) is 8.07. The minimum absolute atomic E-state index is 0.173. The van der Waals surface area contributed by atoms with Crippen molar-refractivity contribution in [2.75, 3.05) is 33.7 Å². The molecule has 1 aromatic carbocycles. The molecule has 0 unspecified atom stereocenters. The lowest BCUT2D eigenvalue weighted by Gasteiger charge is -2.14. The van der Waals surface area contributed by atoms with E-state index < -0.39 is 22.9 Å². The van der Waals surface area contributed by atoms with Gasteiger partial charge in [0.25, 0.3) is 11.1 Å². The van der Waals surface area contributed by atoms with Crippen LogP contribution < -0.4 is 5.32 Å². The molecular formula is C16H18FN3O3S. The average molecular weight is 351 g/mol. The number of imide groups is 1. The van der Waals surface area contributed by atoms with Crippen molar-refractivity contribution in [3.05, 3.63) is 40.6 Å². The molecule has 0 bridgehead atoms. The van der Waals surface area contributed by atoms with Gasteiger partial charge in [-0.3, -0.25) is 19.3 Å². The summed E-state index contributed by atoms with van der Waals surface area (Å²) in [6, 6.07) is 5.71. The number of hydrogen-bond donors (Lipinski definition) is 1. The minimum Gasteiger partial charge on any atom is -0.353 e. The third kappa shape index (κ3) is 4.90. The van der Waals surface area contributed by atoms with Gasteiger partial charge in [-0.25, -0.2) is 4.39 Å². The van der Waals surface area contributed by atoms with Crippen LogP contribution in [0.25, 0.3) is 6.08 Å². The van der Waals surface area contributed by atoms with Gasteiger partial charge >= 0.3 is 0 Å². The third-order valence-electron chi connectivity index (χ3n) is 3.20. The maximum atomic E-state index is 13.2. The first kappa shape index (κ1) is 18.2. The van der Waals surface area contributed by atoms with Gasteiger partial charge in [-0.15, -0.1) is 0 Å². The number of carbonyl (C=O) groups is 3. The van der Waals surface area contributed by atoms with E-state index in [-0.39, 0.29) is 11.4 Å². The molecule has 1 fully saturated rings. The van der Waals surface area contributed by atoms with Gasteiger partial charge in [0.1, 0.15) is 12.4 Å². The Kier molecular flexibility index (Phi) is 6.10. The lowest BCUT2D eigenvalue weighted by atomic mass is 10.2. The number of hydrogen-bond acceptors (Lipinski definition) is 5. The van der Waals surface area contributed by atoms with Crippen molar-refractivity contribution in [1.29, 1.82) is 0 Å². The van der Waals surface area contributed by atoms with Crippen LogP contribution in [0.5, 0.6) is 0 Å². The van der Waals surface area contributed by atoms with Crippen LogP contribution in [0, 0.1) is 5.82 Å². The number of carbonyl (C=O) groups excluding carboxylic acids is 3. The maximum Gasteiger partial charge on any atom is 0.294 e. The molecule has 0 aliphatic carbocycles. The number of nitrogens with one attached hydrogen (secondary N) is 1. The van der Waals surface area contributed by atoms with E-state index in [9.17, 15) is 18.8 Å². The standard InChI is InChI=1S/C16H18FN3O3S/c1-19(2)7-6-18-14(21)10-20-15(22)13(24-16(20)23)9-11-4-3-5-12(17)8-11/h3-5,8-9H,6-7,10H2,1-2H3,(H,18,21)/b13-9-. The Hall–Kier alpha value is -2.19. The van der Waals surface area contributed by atoms with E-state index in [4.69, 9.17) is 0 Å². The van der Waals surface area contributed by atoms with Gasteiger partial charge in [0.05, 0.1) is 4.91 Å². The lowest BCUT2D eigenvalue weighted by molar-refractivity contribution is -0.129. The molecular weight excluding hydrogens is 333 g/mol. The Morgan fingerprint density at radius 2 is 2.12 bits per heavy atom. The summed E-state index contributed by atoms with van der Waals surface area (Å²) in [6.45, 7) is 0.771. The number of benzene rings is 1. The number of halogens is 1. The smallest absolute Gasteiger partial charge is 0.294 e. The van der Waals surface area contributed by atoms with Crippen LogP contribution in [0.15, 0.2) is 29.2 Å². The quantitative estimate of drug-likeness (QED) is 0.788. The second-order valence-electron chi connectivity index (χ2n) is 5.48. The monoisotopic (exact) mass is 351 g/mol. The number of likely N-dealkylation sites (N-methyl/N-ethyl adjacent to an activating group) is 1. The fourth-order valence-corrected chi connectivity index (χ4v) is 2.84. The molecule has 0 radical (unpaired) electrons. The fraction of sp³-hybridized carbons (Fsp3) is 0.312. The zero-order chi connectivity index (χ0) is 17.7. The molecule has 6 nitrogen and oxygen atoms in total. The van der Waals surface area contributed by atoms with E-state index in [0.29, 0.717) is 18.7 Å². The second-order valence-corrected chi connectivity index (χ2v) is 6.47. The van der Waals surface area contributed by atoms with Crippen LogP contribution >= 0.6 is 11.8 Å². The average Bonchev–Trinajstić information content (AvgIpc) is 2.74. The Morgan fingerprint density at radius 3 is 2.79 bits per heavy atom. The van der Waals surface area contributed by atoms with E-state index in [1.54, 1.807) is 6.07 Å². The van der Waals surface area contributed by atoms with Gasteiger partial charge in [-0.05, 0) is 49.6 Å². The van der Waals surface area contributed by atoms with E-state index in [1.807, 2.05) is 19.0 Å². The van der Waals surface area contributed by atoms with Crippen LogP contribution in [0.3, 0.4) is 0 Å². The summed E-state index contributed by atoms with van der Waals surface area (Å²) in [6.07, 6.45) is 1.44. The molecule has 24 heavy (non-hydrogen) atoms. The first-order valence-electron chi connectivity index (χ1n) is 7.29. The summed E-state index contributed by atoms with van der Waals surface area (Å²) in [5, 5.41) is 2.14. The number of amides is 3. The minimum atomic E-state index is -0.544. The van der Waals surface area contributed by atoms with E-state index in [1.165, 1.54) is 24.3 Å². The van der Waals surface area contributed by atoms with Crippen LogP contribution in [-0.2, 0) is 9.59 Å². The van der Waals surface area contributed by atoms with Crippen LogP contribution in [0.2, 0.25) is 0 Å². The van der Waals surface area contributed by atoms with Crippen molar-refractivity contribution in [3.8, 4) is 0 Å². The van der Waals surface area contributed by atoms with E-state index in [0.717, 1.165) is 16.7 Å². The van der Waals surface area contributed by atoms with Crippen molar-refractivity contribution < 1.29 is 18.8 Å². The largest absolute Gasteiger partial charge is 0.353 e. The van der Waals surface area contributed by atoms with Crippen molar-refractivity contribution in [2.24, 2.45) is 0 Å². The van der Waals surface area contributed by atoms with Gasteiger partial charge in [0.2, 0.25) is 5.91 Å². The summed E-state index contributed by atoms with van der Waals surface area (Å²) in [7, 11) is 3.75. The van der Waals surface area contributed by atoms with Crippen LogP contribution in [0.1, 0.15) is 5.56 Å². The Labute approximate surface area is 143 Å². The first-order valence-corrected chi connectivity index (χ1v) is 8.11. The zero-order valence-electron chi connectivity index (χ0n) is 13.4. The molecule has 1 heterocycles. The summed E-state index contributed by atoms with van der Waals surface area (Å²) in [5.74, 6) is -1.37. The van der Waals surface area contributed by atoms with Crippen molar-refractivity contribution in [2.45, 2.75) is 0 Å². The predicted molar refractivity (Wildman–Crippen MR) is 90.6 cm³/mol. The van der Waals surface area contributed by atoms with Gasteiger partial charge < -0.3 is 10.2 Å². The molecule has 0 atom stereocenters. The molecule has 1 aliphatic heterocycles. The Bertz CT molecular complexity index is 691. The molecule has 8 heteroatoms. The fourth-order valence-electron chi connectivity index (χ4n) is 2.00. The van der Waals surface area contributed by atoms with Gasteiger partial charge in [-0.1, -0.05) is 12.1 Å². The SMILES string of the molecule is CN(C)CCNC(=O)CN1C(=O)S/C(=C\c2cccc(F)c2)C1=O. The Morgan fingerprint density at radius 1 is 1.38 bits per heavy atom. The molecule has 1 aromatic rings. The molecule has 3 amide bonds. The molecule has 128 valence electrons. The topological polar surface area (TPSA) is 69.7 Å². The molecule has 1 N–H and O–H groups in total. The third-order valence-corrected chi connectivity index (χ3v) is 4.11. The van der Waals surface area contributed by atoms with E-state index >= 15 is 0 Å². The summed E-state index contributed by atoms with van der Waals surface area (Å²) >= 11 is 0.741. The highest BCUT2D eigenvalue weighted by Crippen LogP contribution is 2.31. The van der Waals surface area contributed by atoms with Crippen molar-refractivity contribution in [1.82, 2.24) is 15.1 Å². The first-order chi connectivity index (χ1) is 11.4. The lowest BCUT2D eigenvalue weighted by Crippen LogP contribution is -2.41. The molecule has 0 spiro atoms. The predicted octanol–water partition coefficient (Wildman–Crippen LogP) is 1.54.